The van der Waals surface area contributed by atoms with Crippen molar-refractivity contribution in [3.63, 3.8) is 0 Å². The summed E-state index contributed by atoms with van der Waals surface area (Å²) in [7, 11) is 2.55. The van der Waals surface area contributed by atoms with Gasteiger partial charge >= 0.3 is 11.2 Å². The lowest BCUT2D eigenvalue weighted by Gasteiger charge is -2.05. The highest BCUT2D eigenvalue weighted by Crippen LogP contribution is 2.41. The van der Waals surface area contributed by atoms with Gasteiger partial charge in [-0.15, -0.1) is 0 Å². The molecule has 1 aromatic carbocycles. The zero-order valence-electron chi connectivity index (χ0n) is 8.87. The summed E-state index contributed by atoms with van der Waals surface area (Å²) in [5, 5.41) is 25.5. The first-order valence-electron chi connectivity index (χ1n) is 4.39. The number of hydrogen-bond donors (Lipinski definition) is 0. The number of benzene rings is 1. The molecule has 0 saturated carbocycles. The third-order valence-corrected chi connectivity index (χ3v) is 2.18. The van der Waals surface area contributed by atoms with Crippen molar-refractivity contribution in [2.45, 2.75) is 0 Å². The minimum Gasteiger partial charge on any atom is -0.492 e. The summed E-state index contributed by atoms with van der Waals surface area (Å²) in [4.78, 5) is 10.3. The highest BCUT2D eigenvalue weighted by atomic mass is 16.8. The average molecular weight is 241 g/mol. The van der Waals surface area contributed by atoms with Crippen LogP contribution in [0.25, 0.3) is 11.0 Å². The van der Waals surface area contributed by atoms with E-state index in [-0.39, 0.29) is 27.4 Å². The van der Waals surface area contributed by atoms with Gasteiger partial charge in [-0.2, -0.15) is 0 Å². The standard InChI is InChI=1S/C8H7N3O6/c1-15-5-3-4-6(9-17-11(4)14)7(10(12)13)8(5)16-2/h3H,1-2H3. The van der Waals surface area contributed by atoms with E-state index in [0.717, 1.165) is 0 Å². The van der Waals surface area contributed by atoms with Crippen molar-refractivity contribution in [2.24, 2.45) is 0 Å². The molecular formula is C8H7N3O6. The van der Waals surface area contributed by atoms with Gasteiger partial charge in [-0.05, 0) is 4.90 Å². The predicted octanol–water partition coefficient (Wildman–Crippen LogP) is 0.387. The summed E-state index contributed by atoms with van der Waals surface area (Å²) in [5.74, 6) is -0.0570. The van der Waals surface area contributed by atoms with Crippen molar-refractivity contribution in [3.05, 3.63) is 21.4 Å². The molecule has 17 heavy (non-hydrogen) atoms. The summed E-state index contributed by atoms with van der Waals surface area (Å²) in [6.45, 7) is 0. The predicted molar refractivity (Wildman–Crippen MR) is 52.7 cm³/mol. The molecule has 0 aliphatic rings. The lowest BCUT2D eigenvalue weighted by atomic mass is 10.2. The van der Waals surface area contributed by atoms with Gasteiger partial charge in [-0.25, -0.2) is 0 Å². The van der Waals surface area contributed by atoms with E-state index >= 15 is 0 Å². The van der Waals surface area contributed by atoms with Gasteiger partial charge in [0.1, 0.15) is 0 Å². The monoisotopic (exact) mass is 241 g/mol. The Balaban J connectivity index is 2.92. The smallest absolute Gasteiger partial charge is 0.372 e. The van der Waals surface area contributed by atoms with Crippen molar-refractivity contribution in [1.82, 2.24) is 5.16 Å². The lowest BCUT2D eigenvalue weighted by molar-refractivity contribution is -0.782. The fraction of sp³-hybridized carbons (Fsp3) is 0.250. The van der Waals surface area contributed by atoms with E-state index in [1.165, 1.54) is 20.3 Å². The van der Waals surface area contributed by atoms with E-state index in [2.05, 4.69) is 9.79 Å². The Labute approximate surface area is 93.8 Å². The van der Waals surface area contributed by atoms with Crippen molar-refractivity contribution in [3.8, 4) is 11.5 Å². The minimum atomic E-state index is -0.716. The molecule has 2 aromatic rings. The highest BCUT2D eigenvalue weighted by molar-refractivity contribution is 5.87. The molecule has 9 heteroatoms. The molecule has 0 aliphatic heterocycles. The quantitative estimate of drug-likeness (QED) is 0.433. The molecule has 90 valence electrons. The molecule has 0 bridgehead atoms. The molecule has 0 spiro atoms. The van der Waals surface area contributed by atoms with Gasteiger partial charge in [0.05, 0.1) is 24.3 Å². The Hall–Kier alpha value is -2.58. The van der Waals surface area contributed by atoms with Gasteiger partial charge < -0.3 is 14.7 Å². The Kier molecular flexibility index (Phi) is 2.42. The fourth-order valence-corrected chi connectivity index (χ4v) is 1.47. The van der Waals surface area contributed by atoms with Gasteiger partial charge in [0.15, 0.2) is 5.75 Å². The maximum absolute atomic E-state index is 11.2. The third-order valence-electron chi connectivity index (χ3n) is 2.18. The Morgan fingerprint density at radius 2 is 2.18 bits per heavy atom. The molecule has 9 nitrogen and oxygen atoms in total. The second-order valence-corrected chi connectivity index (χ2v) is 3.02. The summed E-state index contributed by atoms with van der Waals surface area (Å²) >= 11 is 0. The molecular weight excluding hydrogens is 234 g/mol. The van der Waals surface area contributed by atoms with Crippen molar-refractivity contribution < 1.29 is 23.9 Å². The van der Waals surface area contributed by atoms with Crippen molar-refractivity contribution >= 4 is 16.7 Å². The third kappa shape index (κ3) is 1.48. The average Bonchev–Trinajstić information content (AvgIpc) is 2.68. The molecule has 0 N–H and O–H groups in total. The van der Waals surface area contributed by atoms with Crippen LogP contribution in [0, 0.1) is 15.3 Å². The van der Waals surface area contributed by atoms with E-state index in [0.29, 0.717) is 0 Å². The number of aromatic nitrogens is 2. The number of hydrogen-bond acceptors (Lipinski definition) is 7. The van der Waals surface area contributed by atoms with Crippen LogP contribution in [0.4, 0.5) is 5.69 Å². The molecule has 0 unspecified atom stereocenters. The zero-order valence-corrected chi connectivity index (χ0v) is 8.87. The number of ether oxygens (including phenoxy) is 2. The molecule has 2 rings (SSSR count). The lowest BCUT2D eigenvalue weighted by Crippen LogP contribution is -2.22. The molecule has 0 aliphatic carbocycles. The highest BCUT2D eigenvalue weighted by Gasteiger charge is 2.32. The number of fused-ring (bicyclic) bond motifs is 1. The number of nitrogens with zero attached hydrogens (tertiary/aromatic N) is 3. The van der Waals surface area contributed by atoms with Gasteiger partial charge in [-0.1, -0.05) is 0 Å². The maximum atomic E-state index is 11.2. The first-order valence-corrected chi connectivity index (χ1v) is 4.39. The van der Waals surface area contributed by atoms with Crippen LogP contribution in [0.3, 0.4) is 0 Å². The first-order chi connectivity index (χ1) is 8.10. The topological polar surface area (TPSA) is 115 Å². The molecule has 1 heterocycles. The van der Waals surface area contributed by atoms with Crippen molar-refractivity contribution in [2.75, 3.05) is 14.2 Å². The summed E-state index contributed by atoms with van der Waals surface area (Å²) in [6, 6.07) is 1.25. The molecule has 0 saturated heterocycles. The van der Waals surface area contributed by atoms with Crippen LogP contribution in [-0.4, -0.2) is 24.3 Å². The van der Waals surface area contributed by atoms with E-state index in [1.807, 2.05) is 0 Å². The Bertz CT molecular complexity index is 592. The van der Waals surface area contributed by atoms with Crippen LogP contribution in [0.5, 0.6) is 11.5 Å². The summed E-state index contributed by atoms with van der Waals surface area (Å²) < 4.78 is 14.1. The normalized spacial score (nSPS) is 10.5. The Morgan fingerprint density at radius 1 is 1.47 bits per heavy atom. The van der Waals surface area contributed by atoms with Crippen molar-refractivity contribution in [1.29, 1.82) is 0 Å². The van der Waals surface area contributed by atoms with Crippen LogP contribution >= 0.6 is 0 Å². The van der Waals surface area contributed by atoms with Crippen LogP contribution in [0.15, 0.2) is 10.7 Å². The van der Waals surface area contributed by atoms with E-state index in [4.69, 9.17) is 9.47 Å². The number of nitro groups is 1. The van der Waals surface area contributed by atoms with Gasteiger partial charge in [0, 0.05) is 6.07 Å². The molecule has 0 amide bonds. The van der Waals surface area contributed by atoms with Crippen LogP contribution in [-0.2, 0) is 0 Å². The van der Waals surface area contributed by atoms with E-state index in [1.54, 1.807) is 0 Å². The summed E-state index contributed by atoms with van der Waals surface area (Å²) in [6.07, 6.45) is 0. The van der Waals surface area contributed by atoms with E-state index < -0.39 is 10.6 Å². The van der Waals surface area contributed by atoms with Crippen LogP contribution in [0.2, 0.25) is 0 Å². The number of rotatable bonds is 3. The van der Waals surface area contributed by atoms with E-state index in [9.17, 15) is 15.3 Å². The Morgan fingerprint density at radius 3 is 2.71 bits per heavy atom. The largest absolute Gasteiger partial charge is 0.492 e. The van der Waals surface area contributed by atoms with Crippen LogP contribution in [0.1, 0.15) is 0 Å². The molecule has 0 fully saturated rings. The SMILES string of the molecule is COc1cc2c(no[n+]2[O-])c([N+](=O)[O-])c1OC. The summed E-state index contributed by atoms with van der Waals surface area (Å²) in [5.41, 5.74) is -0.766. The van der Waals surface area contributed by atoms with Crippen LogP contribution < -0.4 is 14.4 Å². The molecule has 0 atom stereocenters. The fourth-order valence-electron chi connectivity index (χ4n) is 1.47. The second-order valence-electron chi connectivity index (χ2n) is 3.02. The molecule has 0 radical (unpaired) electrons. The first kappa shape index (κ1) is 10.9. The second kappa shape index (κ2) is 3.77. The zero-order chi connectivity index (χ0) is 12.6. The van der Waals surface area contributed by atoms with Gasteiger partial charge in [0.25, 0.3) is 0 Å². The van der Waals surface area contributed by atoms with Gasteiger partial charge in [0.2, 0.25) is 11.3 Å². The molecule has 1 aromatic heterocycles. The van der Waals surface area contributed by atoms with Gasteiger partial charge in [-0.3, -0.25) is 14.7 Å². The number of nitro benzene ring substituents is 1. The number of methoxy groups -OCH3 is 2. The minimum absolute atomic E-state index is 0.0551. The maximum Gasteiger partial charge on any atom is 0.372 e.